The highest BCUT2D eigenvalue weighted by atomic mass is 32.1. The lowest BCUT2D eigenvalue weighted by Gasteiger charge is -2.30. The number of hydrogen-bond acceptors (Lipinski definition) is 7. The Morgan fingerprint density at radius 1 is 1.27 bits per heavy atom. The number of nitrogens with one attached hydrogen (secondary N) is 1. The minimum Gasteiger partial charge on any atom is -0.454 e. The summed E-state index contributed by atoms with van der Waals surface area (Å²) in [6.45, 7) is 4.50. The Balaban J connectivity index is 1.78. The summed E-state index contributed by atoms with van der Waals surface area (Å²) in [5.41, 5.74) is 2.36. The maximum absolute atomic E-state index is 12.8. The summed E-state index contributed by atoms with van der Waals surface area (Å²) < 4.78 is 10.7. The molecule has 9 heteroatoms. The van der Waals surface area contributed by atoms with E-state index >= 15 is 0 Å². The molecule has 0 saturated heterocycles. The zero-order valence-electron chi connectivity index (χ0n) is 14.6. The molecule has 0 saturated carbocycles. The van der Waals surface area contributed by atoms with Gasteiger partial charge in [0, 0.05) is 12.6 Å². The third-order valence-electron chi connectivity index (χ3n) is 4.21. The van der Waals surface area contributed by atoms with Gasteiger partial charge in [0.2, 0.25) is 11.9 Å². The van der Waals surface area contributed by atoms with Gasteiger partial charge in [0.05, 0.1) is 0 Å². The topological polar surface area (TPSA) is 93.7 Å². The van der Waals surface area contributed by atoms with Gasteiger partial charge in [-0.2, -0.15) is 0 Å². The van der Waals surface area contributed by atoms with Crippen molar-refractivity contribution >= 4 is 28.3 Å². The molecule has 3 rings (SSSR count). The van der Waals surface area contributed by atoms with E-state index in [0.29, 0.717) is 23.2 Å². The van der Waals surface area contributed by atoms with Crippen molar-refractivity contribution in [3.05, 3.63) is 29.3 Å². The summed E-state index contributed by atoms with van der Waals surface area (Å²) in [6, 6.07) is 5.48. The number of amides is 2. The quantitative estimate of drug-likeness (QED) is 0.778. The molecule has 26 heavy (non-hydrogen) atoms. The van der Waals surface area contributed by atoms with Crippen LogP contribution in [-0.2, 0) is 16.1 Å². The van der Waals surface area contributed by atoms with Crippen LogP contribution in [0.5, 0.6) is 11.5 Å². The fourth-order valence-electron chi connectivity index (χ4n) is 2.84. The molecule has 2 heterocycles. The monoisotopic (exact) mass is 376 g/mol. The van der Waals surface area contributed by atoms with E-state index in [1.54, 1.807) is 4.90 Å². The van der Waals surface area contributed by atoms with Crippen LogP contribution in [0.1, 0.15) is 32.3 Å². The van der Waals surface area contributed by atoms with Gasteiger partial charge < -0.3 is 14.4 Å². The fourth-order valence-corrected chi connectivity index (χ4v) is 3.28. The van der Waals surface area contributed by atoms with E-state index in [-0.39, 0.29) is 12.8 Å². The molecule has 138 valence electrons. The Morgan fingerprint density at radius 2 is 2.04 bits per heavy atom. The number of carbonyl (C=O) groups is 2. The van der Waals surface area contributed by atoms with Gasteiger partial charge in [-0.15, -0.1) is 10.2 Å². The van der Waals surface area contributed by atoms with E-state index in [9.17, 15) is 9.59 Å². The Bertz CT molecular complexity index is 777. The summed E-state index contributed by atoms with van der Waals surface area (Å²) in [7, 11) is 0. The fraction of sp³-hybridized carbons (Fsp3) is 0.412. The average Bonchev–Trinajstić information content (AvgIpc) is 3.32. The van der Waals surface area contributed by atoms with Crippen LogP contribution in [0.25, 0.3) is 0 Å². The van der Waals surface area contributed by atoms with Crippen LogP contribution in [0.4, 0.5) is 5.13 Å². The maximum atomic E-state index is 12.8. The lowest BCUT2D eigenvalue weighted by atomic mass is 10.1. The second kappa shape index (κ2) is 8.13. The van der Waals surface area contributed by atoms with Crippen molar-refractivity contribution in [1.82, 2.24) is 15.1 Å². The number of ether oxygens (including phenoxy) is 2. The number of carbonyl (C=O) groups excluding carboxylic acids is 2. The van der Waals surface area contributed by atoms with Gasteiger partial charge in [-0.25, -0.2) is 0 Å². The molecule has 1 aliphatic rings. The van der Waals surface area contributed by atoms with Crippen molar-refractivity contribution in [3.63, 3.8) is 0 Å². The van der Waals surface area contributed by atoms with Crippen LogP contribution >= 0.6 is 11.3 Å². The number of anilines is 1. The maximum Gasteiger partial charge on any atom is 0.315 e. The molecule has 0 atom stereocenters. The first kappa shape index (κ1) is 18.1. The van der Waals surface area contributed by atoms with Crippen LogP contribution in [0, 0.1) is 0 Å². The van der Waals surface area contributed by atoms with Crippen molar-refractivity contribution in [1.29, 1.82) is 0 Å². The van der Waals surface area contributed by atoms with Crippen molar-refractivity contribution in [2.24, 2.45) is 0 Å². The van der Waals surface area contributed by atoms with E-state index in [2.05, 4.69) is 15.5 Å². The normalized spacial score (nSPS) is 12.3. The van der Waals surface area contributed by atoms with Crippen molar-refractivity contribution in [3.8, 4) is 11.5 Å². The molecule has 2 amide bonds. The summed E-state index contributed by atoms with van der Waals surface area (Å²) in [4.78, 5) is 26.7. The number of benzene rings is 1. The second-order valence-corrected chi connectivity index (χ2v) is 6.62. The molecular weight excluding hydrogens is 356 g/mol. The smallest absolute Gasteiger partial charge is 0.315 e. The van der Waals surface area contributed by atoms with Gasteiger partial charge in [0.15, 0.2) is 11.5 Å². The number of hydrogen-bond donors (Lipinski definition) is 1. The SMILES string of the molecule is CCC(CC)N(Cc1ccc2c(c1)OCO2)C(=O)C(=O)Nc1nncs1. The number of aromatic nitrogens is 2. The van der Waals surface area contributed by atoms with Crippen LogP contribution in [-0.4, -0.2) is 39.7 Å². The van der Waals surface area contributed by atoms with E-state index in [0.717, 1.165) is 29.7 Å². The van der Waals surface area contributed by atoms with Crippen LogP contribution in [0.3, 0.4) is 0 Å². The highest BCUT2D eigenvalue weighted by Crippen LogP contribution is 2.33. The van der Waals surface area contributed by atoms with Gasteiger partial charge in [-0.05, 0) is 30.5 Å². The number of nitrogens with zero attached hydrogens (tertiary/aromatic N) is 3. The largest absolute Gasteiger partial charge is 0.454 e. The molecule has 1 aromatic carbocycles. The van der Waals surface area contributed by atoms with Crippen molar-refractivity contribution < 1.29 is 19.1 Å². The van der Waals surface area contributed by atoms with Crippen LogP contribution in [0.15, 0.2) is 23.7 Å². The third-order valence-corrected chi connectivity index (χ3v) is 4.82. The Morgan fingerprint density at radius 3 is 2.73 bits per heavy atom. The lowest BCUT2D eigenvalue weighted by Crippen LogP contribution is -2.45. The molecule has 0 spiro atoms. The molecule has 1 aliphatic heterocycles. The summed E-state index contributed by atoms with van der Waals surface area (Å²) in [5.74, 6) is 0.0295. The van der Waals surface area contributed by atoms with Crippen molar-refractivity contribution in [2.75, 3.05) is 12.1 Å². The van der Waals surface area contributed by atoms with Crippen LogP contribution < -0.4 is 14.8 Å². The van der Waals surface area contributed by atoms with Gasteiger partial charge >= 0.3 is 11.8 Å². The van der Waals surface area contributed by atoms with Gasteiger partial charge in [-0.1, -0.05) is 31.3 Å². The third kappa shape index (κ3) is 3.93. The predicted octanol–water partition coefficient (Wildman–Crippen LogP) is 2.42. The first-order chi connectivity index (χ1) is 12.6. The Kier molecular flexibility index (Phi) is 5.67. The standard InChI is InChI=1S/C17H20N4O4S/c1-3-12(4-2)21(16(23)15(22)19-17-20-18-9-26-17)8-11-5-6-13-14(7-11)25-10-24-13/h5-7,9,12H,3-4,8,10H2,1-2H3,(H,19,20,22). The van der Waals surface area contributed by atoms with Gasteiger partial charge in [0.25, 0.3) is 0 Å². The predicted molar refractivity (Wildman–Crippen MR) is 96.0 cm³/mol. The average molecular weight is 376 g/mol. The molecule has 2 aromatic rings. The summed E-state index contributed by atoms with van der Waals surface area (Å²) in [6.07, 6.45) is 1.50. The molecule has 0 fully saturated rings. The lowest BCUT2D eigenvalue weighted by molar-refractivity contribution is -0.145. The van der Waals surface area contributed by atoms with E-state index in [1.807, 2.05) is 32.0 Å². The van der Waals surface area contributed by atoms with Crippen molar-refractivity contribution in [2.45, 2.75) is 39.3 Å². The molecule has 1 aromatic heterocycles. The molecule has 0 radical (unpaired) electrons. The zero-order valence-corrected chi connectivity index (χ0v) is 15.4. The van der Waals surface area contributed by atoms with Gasteiger partial charge in [0.1, 0.15) is 5.51 Å². The van der Waals surface area contributed by atoms with E-state index in [4.69, 9.17) is 9.47 Å². The Hall–Kier alpha value is -2.68. The number of fused-ring (bicyclic) bond motifs is 1. The van der Waals surface area contributed by atoms with Crippen LogP contribution in [0.2, 0.25) is 0 Å². The highest BCUT2D eigenvalue weighted by molar-refractivity contribution is 7.13. The first-order valence-electron chi connectivity index (χ1n) is 8.39. The second-order valence-electron chi connectivity index (χ2n) is 5.79. The van der Waals surface area contributed by atoms with Gasteiger partial charge in [-0.3, -0.25) is 14.9 Å². The Labute approximate surface area is 155 Å². The molecule has 0 aliphatic carbocycles. The molecule has 0 unspecified atom stereocenters. The minimum atomic E-state index is -0.714. The number of rotatable bonds is 6. The first-order valence-corrected chi connectivity index (χ1v) is 9.27. The van der Waals surface area contributed by atoms with E-state index in [1.165, 1.54) is 5.51 Å². The molecule has 0 bridgehead atoms. The van der Waals surface area contributed by atoms with E-state index < -0.39 is 11.8 Å². The molecular formula is C17H20N4O4S. The zero-order chi connectivity index (χ0) is 18.5. The summed E-state index contributed by atoms with van der Waals surface area (Å²) in [5, 5.41) is 10.2. The molecule has 8 nitrogen and oxygen atoms in total. The molecule has 1 N–H and O–H groups in total. The summed E-state index contributed by atoms with van der Waals surface area (Å²) >= 11 is 1.16. The minimum absolute atomic E-state index is 0.0481. The highest BCUT2D eigenvalue weighted by Gasteiger charge is 2.28.